The van der Waals surface area contributed by atoms with Gasteiger partial charge in [-0.05, 0) is 32.6 Å². The largest absolute Gasteiger partial charge is 0.453 e. The summed E-state index contributed by atoms with van der Waals surface area (Å²) in [5, 5.41) is 0. The molecule has 0 radical (unpaired) electrons. The first-order valence-electron chi connectivity index (χ1n) is 5.94. The Morgan fingerprint density at radius 3 is 2.53 bits per heavy atom. The van der Waals surface area contributed by atoms with Crippen molar-refractivity contribution in [3.05, 3.63) is 12.2 Å². The first-order valence-corrected chi connectivity index (χ1v) is 5.94. The molecule has 0 N–H and O–H groups in total. The Balaban J connectivity index is 2.12. The molecular formula is C13H18O4. The van der Waals surface area contributed by atoms with Crippen LogP contribution in [0.2, 0.25) is 0 Å². The van der Waals surface area contributed by atoms with E-state index in [-0.39, 0.29) is 11.7 Å². The second-order valence-electron chi connectivity index (χ2n) is 4.94. The van der Waals surface area contributed by atoms with Gasteiger partial charge in [-0.1, -0.05) is 12.2 Å². The molecule has 0 aliphatic heterocycles. The summed E-state index contributed by atoms with van der Waals surface area (Å²) in [5.74, 6) is -0.0628. The highest BCUT2D eigenvalue weighted by Gasteiger charge is 2.55. The van der Waals surface area contributed by atoms with Crippen LogP contribution < -0.4 is 0 Å². The summed E-state index contributed by atoms with van der Waals surface area (Å²) in [6, 6.07) is 0. The number of Topliss-reactive ketones (excluding diaryl/α,β-unsaturated/α-hetero) is 1. The maximum Gasteiger partial charge on any atom is 0.339 e. The van der Waals surface area contributed by atoms with E-state index in [4.69, 9.17) is 9.47 Å². The quantitative estimate of drug-likeness (QED) is 0.550. The molecule has 0 heterocycles. The van der Waals surface area contributed by atoms with Gasteiger partial charge < -0.3 is 9.47 Å². The maximum absolute atomic E-state index is 12.2. The Bertz CT molecular complexity index is 374. The molecule has 2 bridgehead atoms. The summed E-state index contributed by atoms with van der Waals surface area (Å²) in [5.41, 5.74) is -0.872. The Morgan fingerprint density at radius 1 is 1.41 bits per heavy atom. The van der Waals surface area contributed by atoms with Gasteiger partial charge in [-0.2, -0.15) is 0 Å². The number of hydrogen-bond donors (Lipinski definition) is 0. The third kappa shape index (κ3) is 1.90. The van der Waals surface area contributed by atoms with Gasteiger partial charge in [-0.15, -0.1) is 0 Å². The van der Waals surface area contributed by atoms with Gasteiger partial charge in [0.25, 0.3) is 0 Å². The van der Waals surface area contributed by atoms with Crippen molar-refractivity contribution in [1.29, 1.82) is 0 Å². The van der Waals surface area contributed by atoms with Crippen LogP contribution in [0.25, 0.3) is 0 Å². The molecule has 0 aromatic rings. The molecule has 0 amide bonds. The minimum Gasteiger partial charge on any atom is -0.453 e. The minimum absolute atomic E-state index is 0.0872. The zero-order chi connectivity index (χ0) is 12.6. The van der Waals surface area contributed by atoms with E-state index in [9.17, 15) is 9.59 Å². The highest BCUT2D eigenvalue weighted by molar-refractivity contribution is 5.87. The molecule has 2 rings (SSSR count). The molecule has 1 fully saturated rings. The van der Waals surface area contributed by atoms with Crippen LogP contribution in [-0.4, -0.2) is 30.6 Å². The van der Waals surface area contributed by atoms with Gasteiger partial charge >= 0.3 is 5.97 Å². The van der Waals surface area contributed by atoms with E-state index in [1.807, 2.05) is 6.08 Å². The van der Waals surface area contributed by atoms with E-state index in [0.29, 0.717) is 12.3 Å². The lowest BCUT2D eigenvalue weighted by atomic mass is 9.88. The maximum atomic E-state index is 12.2. The molecule has 2 unspecified atom stereocenters. The molecule has 1 saturated carbocycles. The number of ether oxygens (including phenoxy) is 2. The fraction of sp³-hybridized carbons (Fsp3) is 0.692. The molecule has 0 spiro atoms. The van der Waals surface area contributed by atoms with Gasteiger partial charge in [0, 0.05) is 13.0 Å². The summed E-state index contributed by atoms with van der Waals surface area (Å²) in [7, 11) is 1.54. The first kappa shape index (κ1) is 12.3. The summed E-state index contributed by atoms with van der Waals surface area (Å²) >= 11 is 0. The highest BCUT2D eigenvalue weighted by atomic mass is 16.6. The number of hydrogen-bond acceptors (Lipinski definition) is 4. The predicted molar refractivity (Wildman–Crippen MR) is 61.3 cm³/mol. The van der Waals surface area contributed by atoms with E-state index in [2.05, 4.69) is 6.08 Å². The van der Waals surface area contributed by atoms with Crippen molar-refractivity contribution in [1.82, 2.24) is 0 Å². The summed E-state index contributed by atoms with van der Waals surface area (Å²) in [6.45, 7) is 3.00. The topological polar surface area (TPSA) is 52.6 Å². The molecule has 17 heavy (non-hydrogen) atoms. The van der Waals surface area contributed by atoms with Crippen LogP contribution in [-0.2, 0) is 19.1 Å². The van der Waals surface area contributed by atoms with Crippen LogP contribution in [0, 0.1) is 11.8 Å². The number of methoxy groups -OCH3 is 1. The fourth-order valence-corrected chi connectivity index (χ4v) is 2.71. The van der Waals surface area contributed by atoms with Crippen molar-refractivity contribution in [2.75, 3.05) is 7.11 Å². The lowest BCUT2D eigenvalue weighted by Crippen LogP contribution is -2.47. The van der Waals surface area contributed by atoms with Gasteiger partial charge in [0.2, 0.25) is 0 Å². The van der Waals surface area contributed by atoms with E-state index in [0.717, 1.165) is 6.42 Å². The fourth-order valence-electron chi connectivity index (χ4n) is 2.71. The van der Waals surface area contributed by atoms with Crippen LogP contribution in [0.4, 0.5) is 0 Å². The van der Waals surface area contributed by atoms with Gasteiger partial charge in [0.1, 0.15) is 0 Å². The average Bonchev–Trinajstić information content (AvgIpc) is 2.88. The van der Waals surface area contributed by atoms with Crippen molar-refractivity contribution in [2.45, 2.75) is 38.4 Å². The molecule has 0 aromatic heterocycles. The summed E-state index contributed by atoms with van der Waals surface area (Å²) in [6.07, 6.45) is 5.06. The number of carbonyl (C=O) groups is 2. The lowest BCUT2D eigenvalue weighted by molar-refractivity contribution is -0.179. The van der Waals surface area contributed by atoms with Gasteiger partial charge in [0.15, 0.2) is 17.5 Å². The van der Waals surface area contributed by atoms with Gasteiger partial charge in [-0.3, -0.25) is 4.79 Å². The third-order valence-corrected chi connectivity index (χ3v) is 3.90. The Labute approximate surface area is 101 Å². The molecule has 4 heteroatoms. The smallest absolute Gasteiger partial charge is 0.339 e. The van der Waals surface area contributed by atoms with Gasteiger partial charge in [0.05, 0.1) is 0 Å². The van der Waals surface area contributed by atoms with E-state index in [1.54, 1.807) is 6.92 Å². The van der Waals surface area contributed by atoms with Crippen molar-refractivity contribution < 1.29 is 19.1 Å². The SMILES string of the molecule is CO[C@]1(C(=O)O[C@@H](C)C(C)=O)CC2C=CC1C2. The number of carbonyl (C=O) groups excluding carboxylic acids is 2. The van der Waals surface area contributed by atoms with E-state index < -0.39 is 17.7 Å². The second-order valence-corrected chi connectivity index (χ2v) is 4.94. The minimum atomic E-state index is -0.872. The Morgan fingerprint density at radius 2 is 2.12 bits per heavy atom. The van der Waals surface area contributed by atoms with Crippen LogP contribution in [0.5, 0.6) is 0 Å². The number of ketones is 1. The number of rotatable bonds is 4. The molecule has 2 aliphatic rings. The Hall–Kier alpha value is -1.16. The van der Waals surface area contributed by atoms with E-state index >= 15 is 0 Å². The Kier molecular flexibility index (Phi) is 3.08. The second kappa shape index (κ2) is 4.26. The molecule has 2 aliphatic carbocycles. The number of fused-ring (bicyclic) bond motifs is 2. The normalized spacial score (nSPS) is 35.9. The van der Waals surface area contributed by atoms with Crippen molar-refractivity contribution in [2.24, 2.45) is 11.8 Å². The molecule has 0 aromatic carbocycles. The lowest BCUT2D eigenvalue weighted by Gasteiger charge is -2.32. The third-order valence-electron chi connectivity index (χ3n) is 3.90. The number of allylic oxidation sites excluding steroid dienone is 1. The molecule has 4 nitrogen and oxygen atoms in total. The highest BCUT2D eigenvalue weighted by Crippen LogP contribution is 2.48. The number of esters is 1. The van der Waals surface area contributed by atoms with Gasteiger partial charge in [-0.25, -0.2) is 4.79 Å². The average molecular weight is 238 g/mol. The molecular weight excluding hydrogens is 220 g/mol. The zero-order valence-corrected chi connectivity index (χ0v) is 10.4. The molecule has 0 saturated heterocycles. The zero-order valence-electron chi connectivity index (χ0n) is 10.4. The van der Waals surface area contributed by atoms with Crippen LogP contribution in [0.1, 0.15) is 26.7 Å². The standard InChI is InChI=1S/C13H18O4/c1-8(14)9(2)17-12(15)13(16-3)7-10-4-5-11(13)6-10/h4-5,9-11H,6-7H2,1-3H3/t9-,10?,11?,13+/m0/s1. The summed E-state index contributed by atoms with van der Waals surface area (Å²) < 4.78 is 10.6. The van der Waals surface area contributed by atoms with Crippen LogP contribution >= 0.6 is 0 Å². The molecule has 94 valence electrons. The summed E-state index contributed by atoms with van der Waals surface area (Å²) in [4.78, 5) is 23.3. The van der Waals surface area contributed by atoms with Crippen molar-refractivity contribution in [3.63, 3.8) is 0 Å². The monoisotopic (exact) mass is 238 g/mol. The molecule has 4 atom stereocenters. The van der Waals surface area contributed by atoms with Crippen molar-refractivity contribution >= 4 is 11.8 Å². The first-order chi connectivity index (χ1) is 7.99. The van der Waals surface area contributed by atoms with Crippen molar-refractivity contribution in [3.8, 4) is 0 Å². The van der Waals surface area contributed by atoms with E-state index in [1.165, 1.54) is 14.0 Å². The predicted octanol–water partition coefficient (Wildman–Crippen LogP) is 1.49. The van der Waals surface area contributed by atoms with Crippen LogP contribution in [0.3, 0.4) is 0 Å². The van der Waals surface area contributed by atoms with Crippen LogP contribution in [0.15, 0.2) is 12.2 Å².